The molecule has 114 valence electrons. The van der Waals surface area contributed by atoms with E-state index in [0.29, 0.717) is 31.0 Å². The van der Waals surface area contributed by atoms with Crippen molar-refractivity contribution in [2.24, 2.45) is 0 Å². The minimum absolute atomic E-state index is 0.0807. The van der Waals surface area contributed by atoms with E-state index in [1.165, 1.54) is 24.2 Å². The smallest absolute Gasteiger partial charge is 0.223 e. The molecule has 2 saturated heterocycles. The highest BCUT2D eigenvalue weighted by Crippen LogP contribution is 2.29. The lowest BCUT2D eigenvalue weighted by atomic mass is 9.98. The molecule has 4 nitrogen and oxygen atoms in total. The highest BCUT2D eigenvalue weighted by molar-refractivity contribution is 7.12. The Hall–Kier alpha value is -1.20. The van der Waals surface area contributed by atoms with Crippen LogP contribution in [0.2, 0.25) is 0 Å². The first kappa shape index (κ1) is 14.7. The topological polar surface area (TPSA) is 49.4 Å². The van der Waals surface area contributed by atoms with Gasteiger partial charge in [-0.15, -0.1) is 11.3 Å². The number of carbonyl (C=O) groups excluding carboxylic acids is 2. The first-order valence-corrected chi connectivity index (χ1v) is 8.60. The lowest BCUT2D eigenvalue weighted by molar-refractivity contribution is -0.132. The molecule has 21 heavy (non-hydrogen) atoms. The molecule has 2 unspecified atom stereocenters. The maximum atomic E-state index is 12.3. The molecule has 2 atom stereocenters. The van der Waals surface area contributed by atoms with Gasteiger partial charge in [-0.25, -0.2) is 0 Å². The molecule has 0 aromatic carbocycles. The Kier molecular flexibility index (Phi) is 4.40. The van der Waals surface area contributed by atoms with Gasteiger partial charge < -0.3 is 10.2 Å². The Morgan fingerprint density at radius 3 is 2.62 bits per heavy atom. The van der Waals surface area contributed by atoms with Crippen molar-refractivity contribution in [1.82, 2.24) is 10.2 Å². The number of thiophene rings is 1. The molecule has 0 saturated carbocycles. The van der Waals surface area contributed by atoms with Crippen molar-refractivity contribution in [2.75, 3.05) is 7.05 Å². The Morgan fingerprint density at radius 2 is 2.00 bits per heavy atom. The third kappa shape index (κ3) is 3.35. The number of carbonyl (C=O) groups is 2. The number of nitrogens with zero attached hydrogens (tertiary/aromatic N) is 1. The van der Waals surface area contributed by atoms with Crippen molar-refractivity contribution in [3.63, 3.8) is 0 Å². The number of hydrogen-bond donors (Lipinski definition) is 1. The van der Waals surface area contributed by atoms with E-state index in [-0.39, 0.29) is 11.7 Å². The summed E-state index contributed by atoms with van der Waals surface area (Å²) in [6.45, 7) is 0. The van der Waals surface area contributed by atoms with Gasteiger partial charge in [0.05, 0.1) is 4.88 Å². The fourth-order valence-electron chi connectivity index (χ4n) is 3.50. The molecule has 2 aliphatic heterocycles. The van der Waals surface area contributed by atoms with Crippen LogP contribution in [0.5, 0.6) is 0 Å². The van der Waals surface area contributed by atoms with E-state index in [0.717, 1.165) is 17.7 Å². The Balaban J connectivity index is 1.49. The molecule has 1 aromatic heterocycles. The van der Waals surface area contributed by atoms with E-state index in [1.807, 2.05) is 29.5 Å². The minimum Gasteiger partial charge on any atom is -0.343 e. The summed E-state index contributed by atoms with van der Waals surface area (Å²) in [4.78, 5) is 26.9. The summed E-state index contributed by atoms with van der Waals surface area (Å²) in [6, 6.07) is 5.20. The average Bonchev–Trinajstić information content (AvgIpc) is 3.13. The first-order valence-electron chi connectivity index (χ1n) is 7.72. The number of fused-ring (bicyclic) bond motifs is 2. The number of hydrogen-bond acceptors (Lipinski definition) is 4. The number of Topliss-reactive ketones (excluding diaryl/α,β-unsaturated/α-hetero) is 1. The van der Waals surface area contributed by atoms with E-state index in [2.05, 4.69) is 5.32 Å². The van der Waals surface area contributed by atoms with E-state index >= 15 is 0 Å². The van der Waals surface area contributed by atoms with Gasteiger partial charge in [0.2, 0.25) is 5.91 Å². The highest BCUT2D eigenvalue weighted by Gasteiger charge is 2.36. The number of ketones is 1. The molecule has 0 spiro atoms. The van der Waals surface area contributed by atoms with Gasteiger partial charge in [0.25, 0.3) is 0 Å². The zero-order valence-corrected chi connectivity index (χ0v) is 13.2. The predicted octanol–water partition coefficient (Wildman–Crippen LogP) is 2.45. The van der Waals surface area contributed by atoms with E-state index in [4.69, 9.17) is 0 Å². The Labute approximate surface area is 129 Å². The van der Waals surface area contributed by atoms with Crippen molar-refractivity contribution < 1.29 is 9.59 Å². The fourth-order valence-corrected chi connectivity index (χ4v) is 4.20. The average molecular weight is 306 g/mol. The lowest BCUT2D eigenvalue weighted by Gasteiger charge is -2.35. The van der Waals surface area contributed by atoms with Crippen LogP contribution >= 0.6 is 11.3 Å². The molecule has 2 aliphatic rings. The largest absolute Gasteiger partial charge is 0.343 e. The first-order chi connectivity index (χ1) is 10.1. The van der Waals surface area contributed by atoms with Crippen molar-refractivity contribution in [2.45, 2.75) is 56.7 Å². The Bertz CT molecular complexity index is 502. The second-order valence-corrected chi connectivity index (χ2v) is 7.12. The van der Waals surface area contributed by atoms with Gasteiger partial charge in [-0.2, -0.15) is 0 Å². The quantitative estimate of drug-likeness (QED) is 0.850. The fraction of sp³-hybridized carbons (Fsp3) is 0.625. The molecule has 2 fully saturated rings. The van der Waals surface area contributed by atoms with Crippen molar-refractivity contribution in [3.05, 3.63) is 22.4 Å². The summed E-state index contributed by atoms with van der Waals surface area (Å²) in [5, 5.41) is 5.49. The van der Waals surface area contributed by atoms with Crippen LogP contribution < -0.4 is 5.32 Å². The van der Waals surface area contributed by atoms with Crippen LogP contribution in [0, 0.1) is 0 Å². The number of nitrogens with one attached hydrogen (secondary N) is 1. The maximum Gasteiger partial charge on any atom is 0.223 e. The standard InChI is InChI=1S/C16H22N2O2S/c1-18(13-9-11-4-5-12(10-13)17-11)16(20)7-6-14(19)15-3-2-8-21-15/h2-3,8,11-13,17H,4-7,9-10H2,1H3. The van der Waals surface area contributed by atoms with E-state index < -0.39 is 0 Å². The summed E-state index contributed by atoms with van der Waals surface area (Å²) in [7, 11) is 1.90. The molecule has 0 aliphatic carbocycles. The van der Waals surface area contributed by atoms with Crippen LogP contribution in [0.3, 0.4) is 0 Å². The molecular formula is C16H22N2O2S. The maximum absolute atomic E-state index is 12.3. The van der Waals surface area contributed by atoms with Gasteiger partial charge in [0.1, 0.15) is 0 Å². The van der Waals surface area contributed by atoms with Gasteiger partial charge in [-0.05, 0) is 37.1 Å². The number of amides is 1. The summed E-state index contributed by atoms with van der Waals surface area (Å²) in [5.74, 6) is 0.184. The normalized spacial score (nSPS) is 27.6. The highest BCUT2D eigenvalue weighted by atomic mass is 32.1. The van der Waals surface area contributed by atoms with Crippen LogP contribution in [0.15, 0.2) is 17.5 Å². The minimum atomic E-state index is 0.0807. The molecular weight excluding hydrogens is 284 g/mol. The molecule has 1 N–H and O–H groups in total. The van der Waals surface area contributed by atoms with Gasteiger partial charge in [0, 0.05) is 38.0 Å². The molecule has 0 radical (unpaired) electrons. The van der Waals surface area contributed by atoms with E-state index in [9.17, 15) is 9.59 Å². The van der Waals surface area contributed by atoms with Crippen LogP contribution in [0.1, 0.15) is 48.2 Å². The summed E-state index contributed by atoms with van der Waals surface area (Å²) in [5.41, 5.74) is 0. The van der Waals surface area contributed by atoms with E-state index in [1.54, 1.807) is 0 Å². The van der Waals surface area contributed by atoms with Gasteiger partial charge in [-0.1, -0.05) is 6.07 Å². The van der Waals surface area contributed by atoms with Crippen LogP contribution in [-0.2, 0) is 4.79 Å². The third-order valence-corrected chi connectivity index (χ3v) is 5.66. The predicted molar refractivity (Wildman–Crippen MR) is 83.6 cm³/mol. The van der Waals surface area contributed by atoms with Crippen molar-refractivity contribution in [1.29, 1.82) is 0 Å². The summed E-state index contributed by atoms with van der Waals surface area (Å²) in [6.07, 6.45) is 5.23. The SMILES string of the molecule is CN(C(=O)CCC(=O)c1cccs1)C1CC2CCC(C1)N2. The molecule has 1 amide bonds. The molecule has 3 heterocycles. The zero-order chi connectivity index (χ0) is 14.8. The molecule has 1 aromatic rings. The molecule has 5 heteroatoms. The van der Waals surface area contributed by atoms with Crippen LogP contribution in [0.4, 0.5) is 0 Å². The zero-order valence-electron chi connectivity index (χ0n) is 12.4. The van der Waals surface area contributed by atoms with Crippen LogP contribution in [0.25, 0.3) is 0 Å². The second-order valence-electron chi connectivity index (χ2n) is 6.17. The van der Waals surface area contributed by atoms with Crippen molar-refractivity contribution in [3.8, 4) is 0 Å². The number of piperidine rings is 1. The van der Waals surface area contributed by atoms with Gasteiger partial charge >= 0.3 is 0 Å². The summed E-state index contributed by atoms with van der Waals surface area (Å²) >= 11 is 1.45. The van der Waals surface area contributed by atoms with Crippen molar-refractivity contribution >= 4 is 23.0 Å². The van der Waals surface area contributed by atoms with Crippen LogP contribution in [-0.4, -0.2) is 41.8 Å². The second kappa shape index (κ2) is 6.28. The monoisotopic (exact) mass is 306 g/mol. The Morgan fingerprint density at radius 1 is 1.29 bits per heavy atom. The van der Waals surface area contributed by atoms with Gasteiger partial charge in [-0.3, -0.25) is 9.59 Å². The number of rotatable bonds is 5. The third-order valence-electron chi connectivity index (χ3n) is 4.75. The summed E-state index contributed by atoms with van der Waals surface area (Å²) < 4.78 is 0. The molecule has 2 bridgehead atoms. The van der Waals surface area contributed by atoms with Gasteiger partial charge in [0.15, 0.2) is 5.78 Å². The molecule has 3 rings (SSSR count). The lowest BCUT2D eigenvalue weighted by Crippen LogP contribution is -2.48.